The van der Waals surface area contributed by atoms with Gasteiger partial charge in [0.15, 0.2) is 11.5 Å². The number of rotatable bonds is 13. The number of methoxy groups -OCH3 is 2. The molecular weight excluding hydrogens is 420 g/mol. The molecule has 8 nitrogen and oxygen atoms in total. The Kier molecular flexibility index (Phi) is 9.14. The van der Waals surface area contributed by atoms with Crippen molar-refractivity contribution >= 4 is 21.7 Å². The molecule has 0 radical (unpaired) electrons. The first-order chi connectivity index (χ1) is 14.8. The number of anilines is 1. The number of carboxylic acids is 1. The van der Waals surface area contributed by atoms with Crippen molar-refractivity contribution in [3.05, 3.63) is 47.5 Å². The van der Waals surface area contributed by atoms with Gasteiger partial charge in [-0.25, -0.2) is 17.9 Å². The Morgan fingerprint density at radius 3 is 2.39 bits per heavy atom. The molecule has 0 saturated carbocycles. The monoisotopic (exact) mass is 450 g/mol. The van der Waals surface area contributed by atoms with Gasteiger partial charge in [0, 0.05) is 13.1 Å². The minimum atomic E-state index is -3.92. The molecule has 0 bridgehead atoms. The van der Waals surface area contributed by atoms with Crippen LogP contribution >= 0.6 is 0 Å². The second-order valence-electron chi connectivity index (χ2n) is 6.99. The molecule has 2 aromatic rings. The van der Waals surface area contributed by atoms with Gasteiger partial charge in [-0.15, -0.1) is 0 Å². The summed E-state index contributed by atoms with van der Waals surface area (Å²) < 4.78 is 38.9. The number of carboxylic acid groups (broad SMARTS) is 1. The lowest BCUT2D eigenvalue weighted by Crippen LogP contribution is -2.27. The Bertz CT molecular complexity index is 991. The summed E-state index contributed by atoms with van der Waals surface area (Å²) in [7, 11) is -0.837. The van der Waals surface area contributed by atoms with Gasteiger partial charge in [0.2, 0.25) is 10.0 Å². The van der Waals surface area contributed by atoms with E-state index in [2.05, 4.69) is 17.0 Å². The van der Waals surface area contributed by atoms with Gasteiger partial charge in [0.25, 0.3) is 0 Å². The van der Waals surface area contributed by atoms with Gasteiger partial charge in [-0.1, -0.05) is 25.8 Å². The smallest absolute Gasteiger partial charge is 0.335 e. The molecule has 0 atom stereocenters. The van der Waals surface area contributed by atoms with Crippen molar-refractivity contribution in [2.24, 2.45) is 0 Å². The van der Waals surface area contributed by atoms with Crippen molar-refractivity contribution in [1.82, 2.24) is 4.72 Å². The molecule has 0 spiro atoms. The van der Waals surface area contributed by atoms with Gasteiger partial charge >= 0.3 is 5.97 Å². The van der Waals surface area contributed by atoms with E-state index in [-0.39, 0.29) is 17.0 Å². The minimum absolute atomic E-state index is 0.0730. The molecule has 170 valence electrons. The van der Waals surface area contributed by atoms with Crippen LogP contribution in [0.2, 0.25) is 0 Å². The van der Waals surface area contributed by atoms with E-state index >= 15 is 0 Å². The number of hydrogen-bond donors (Lipinski definition) is 3. The van der Waals surface area contributed by atoms with Crippen molar-refractivity contribution in [3.8, 4) is 11.5 Å². The molecule has 0 aromatic heterocycles. The predicted octanol–water partition coefficient (Wildman–Crippen LogP) is 3.53. The molecule has 2 rings (SSSR count). The topological polar surface area (TPSA) is 114 Å². The number of carbonyl (C=O) groups is 1. The normalized spacial score (nSPS) is 11.2. The molecule has 0 saturated heterocycles. The molecule has 31 heavy (non-hydrogen) atoms. The largest absolute Gasteiger partial charge is 0.493 e. The van der Waals surface area contributed by atoms with Crippen molar-refractivity contribution in [1.29, 1.82) is 0 Å². The number of aromatic carboxylic acids is 1. The van der Waals surface area contributed by atoms with Crippen molar-refractivity contribution in [3.63, 3.8) is 0 Å². The van der Waals surface area contributed by atoms with Crippen LogP contribution in [-0.4, -0.2) is 46.8 Å². The van der Waals surface area contributed by atoms with E-state index in [1.165, 1.54) is 25.3 Å². The maximum Gasteiger partial charge on any atom is 0.335 e. The van der Waals surface area contributed by atoms with Gasteiger partial charge in [-0.3, -0.25) is 0 Å². The van der Waals surface area contributed by atoms with Crippen LogP contribution in [-0.2, 0) is 16.4 Å². The van der Waals surface area contributed by atoms with Crippen LogP contribution in [0.3, 0.4) is 0 Å². The van der Waals surface area contributed by atoms with Crippen LogP contribution in [0, 0.1) is 0 Å². The number of nitrogens with one attached hydrogen (secondary N) is 2. The lowest BCUT2D eigenvalue weighted by Gasteiger charge is -2.14. The summed E-state index contributed by atoms with van der Waals surface area (Å²) in [4.78, 5) is 11.3. The molecule has 0 heterocycles. The van der Waals surface area contributed by atoms with E-state index in [1.54, 1.807) is 19.2 Å². The third kappa shape index (κ3) is 6.86. The standard InChI is InChI=1S/C22H30N2O6S/c1-4-5-6-12-23-18-9-8-17(22(25)26)15-21(18)31(27,28)24-13-11-16-7-10-19(29-2)20(14-16)30-3/h7-10,14-15,23-24H,4-6,11-13H2,1-3H3,(H,25,26). The number of unbranched alkanes of at least 4 members (excludes halogenated alkanes) is 2. The summed E-state index contributed by atoms with van der Waals surface area (Å²) in [6, 6.07) is 9.46. The Morgan fingerprint density at radius 2 is 1.74 bits per heavy atom. The lowest BCUT2D eigenvalue weighted by molar-refractivity contribution is 0.0696. The van der Waals surface area contributed by atoms with E-state index in [9.17, 15) is 18.3 Å². The van der Waals surface area contributed by atoms with Crippen LogP contribution in [0.1, 0.15) is 42.1 Å². The van der Waals surface area contributed by atoms with Gasteiger partial charge in [-0.05, 0) is 48.7 Å². The molecule has 0 unspecified atom stereocenters. The summed E-state index contributed by atoms with van der Waals surface area (Å²) in [6.45, 7) is 2.83. The Morgan fingerprint density at radius 1 is 1.00 bits per heavy atom. The SMILES string of the molecule is CCCCCNc1ccc(C(=O)O)cc1S(=O)(=O)NCCc1ccc(OC)c(OC)c1. The highest BCUT2D eigenvalue weighted by Gasteiger charge is 2.20. The number of benzene rings is 2. The van der Waals surface area contributed by atoms with Gasteiger partial charge in [0.05, 0.1) is 25.5 Å². The molecular formula is C22H30N2O6S. The third-order valence-corrected chi connectivity index (χ3v) is 6.27. The van der Waals surface area contributed by atoms with E-state index in [4.69, 9.17) is 9.47 Å². The fourth-order valence-corrected chi connectivity index (χ4v) is 4.30. The van der Waals surface area contributed by atoms with Crippen LogP contribution in [0.15, 0.2) is 41.3 Å². The number of hydrogen-bond acceptors (Lipinski definition) is 6. The summed E-state index contributed by atoms with van der Waals surface area (Å²) >= 11 is 0. The van der Waals surface area contributed by atoms with Crippen LogP contribution < -0.4 is 19.5 Å². The fraction of sp³-hybridized carbons (Fsp3) is 0.409. The van der Waals surface area contributed by atoms with E-state index in [0.717, 1.165) is 24.8 Å². The average molecular weight is 451 g/mol. The highest BCUT2D eigenvalue weighted by Crippen LogP contribution is 2.28. The summed E-state index contributed by atoms with van der Waals surface area (Å²) in [5.74, 6) is -0.0222. The summed E-state index contributed by atoms with van der Waals surface area (Å²) in [5, 5.41) is 12.4. The first-order valence-electron chi connectivity index (χ1n) is 10.1. The number of ether oxygens (including phenoxy) is 2. The molecule has 0 aliphatic heterocycles. The van der Waals surface area contributed by atoms with Gasteiger partial charge in [0.1, 0.15) is 4.90 Å². The maximum absolute atomic E-state index is 12.9. The van der Waals surface area contributed by atoms with Crippen molar-refractivity contribution < 1.29 is 27.8 Å². The van der Waals surface area contributed by atoms with E-state index < -0.39 is 16.0 Å². The fourth-order valence-electron chi connectivity index (χ4n) is 3.07. The van der Waals surface area contributed by atoms with Crippen molar-refractivity contribution in [2.75, 3.05) is 32.6 Å². The third-order valence-electron chi connectivity index (χ3n) is 4.77. The van der Waals surface area contributed by atoms with Gasteiger partial charge < -0.3 is 19.9 Å². The zero-order valence-corrected chi connectivity index (χ0v) is 18.9. The second-order valence-corrected chi connectivity index (χ2v) is 8.72. The Balaban J connectivity index is 2.15. The molecule has 0 aliphatic carbocycles. The molecule has 0 amide bonds. The first-order valence-corrected chi connectivity index (χ1v) is 11.6. The van der Waals surface area contributed by atoms with E-state index in [1.807, 2.05) is 6.07 Å². The molecule has 3 N–H and O–H groups in total. The first kappa shape index (κ1) is 24.5. The summed E-state index contributed by atoms with van der Waals surface area (Å²) in [5.41, 5.74) is 1.18. The highest BCUT2D eigenvalue weighted by atomic mass is 32.2. The zero-order chi connectivity index (χ0) is 22.9. The Labute approximate surface area is 183 Å². The highest BCUT2D eigenvalue weighted by molar-refractivity contribution is 7.89. The van der Waals surface area contributed by atoms with E-state index in [0.29, 0.717) is 30.2 Å². The minimum Gasteiger partial charge on any atom is -0.493 e. The van der Waals surface area contributed by atoms with Crippen LogP contribution in [0.4, 0.5) is 5.69 Å². The van der Waals surface area contributed by atoms with Gasteiger partial charge in [-0.2, -0.15) is 0 Å². The van der Waals surface area contributed by atoms with Crippen molar-refractivity contribution in [2.45, 2.75) is 37.5 Å². The molecule has 2 aromatic carbocycles. The Hall–Kier alpha value is -2.78. The maximum atomic E-state index is 12.9. The van der Waals surface area contributed by atoms with Crippen LogP contribution in [0.25, 0.3) is 0 Å². The predicted molar refractivity (Wildman–Crippen MR) is 120 cm³/mol. The quantitative estimate of drug-likeness (QED) is 0.400. The molecule has 0 fully saturated rings. The summed E-state index contributed by atoms with van der Waals surface area (Å²) in [6.07, 6.45) is 3.38. The zero-order valence-electron chi connectivity index (χ0n) is 18.1. The molecule has 0 aliphatic rings. The number of sulfonamides is 1. The molecule has 9 heteroatoms. The lowest BCUT2D eigenvalue weighted by atomic mass is 10.1. The average Bonchev–Trinajstić information content (AvgIpc) is 2.76. The second kappa shape index (κ2) is 11.6. The van der Waals surface area contributed by atoms with Crippen LogP contribution in [0.5, 0.6) is 11.5 Å².